The Kier molecular flexibility index (Phi) is 5.08. The second kappa shape index (κ2) is 7.21. The van der Waals surface area contributed by atoms with Gasteiger partial charge in [0.1, 0.15) is 17.1 Å². The van der Waals surface area contributed by atoms with E-state index in [0.717, 1.165) is 12.1 Å². The third kappa shape index (κ3) is 4.16. The lowest BCUT2D eigenvalue weighted by Crippen LogP contribution is -2.18. The van der Waals surface area contributed by atoms with E-state index in [2.05, 4.69) is 20.0 Å². The molecule has 2 amide bonds. The summed E-state index contributed by atoms with van der Waals surface area (Å²) in [6.07, 6.45) is 0.987. The lowest BCUT2D eigenvalue weighted by molar-refractivity contribution is 0.102. The van der Waals surface area contributed by atoms with Gasteiger partial charge in [-0.15, -0.1) is 0 Å². The topological polar surface area (TPSA) is 116 Å². The minimum absolute atomic E-state index is 0.0583. The molecule has 0 unspecified atom stereocenters. The lowest BCUT2D eigenvalue weighted by atomic mass is 10.2. The van der Waals surface area contributed by atoms with Crippen LogP contribution in [0.15, 0.2) is 30.5 Å². The molecule has 0 fully saturated rings. The zero-order chi connectivity index (χ0) is 16.8. The fraction of sp³-hybridized carbons (Fsp3) is 0.200. The first kappa shape index (κ1) is 16.2. The molecule has 2 heterocycles. The zero-order valence-electron chi connectivity index (χ0n) is 12.7. The van der Waals surface area contributed by atoms with E-state index in [1.165, 1.54) is 19.4 Å². The van der Waals surface area contributed by atoms with Crippen LogP contribution in [0.1, 0.15) is 23.0 Å². The van der Waals surface area contributed by atoms with Gasteiger partial charge >= 0.3 is 6.09 Å². The van der Waals surface area contributed by atoms with Gasteiger partial charge in [-0.3, -0.25) is 4.79 Å². The van der Waals surface area contributed by atoms with Gasteiger partial charge in [0.2, 0.25) is 5.88 Å². The van der Waals surface area contributed by atoms with Crippen LogP contribution in [0.5, 0.6) is 11.6 Å². The third-order valence-electron chi connectivity index (χ3n) is 2.92. The van der Waals surface area contributed by atoms with Gasteiger partial charge in [-0.1, -0.05) is 13.0 Å². The van der Waals surface area contributed by atoms with Gasteiger partial charge in [0.15, 0.2) is 0 Å². The van der Waals surface area contributed by atoms with E-state index >= 15 is 0 Å². The average molecular weight is 316 g/mol. The molecule has 8 nitrogen and oxygen atoms in total. The minimum atomic E-state index is -1.00. The van der Waals surface area contributed by atoms with E-state index in [1.807, 2.05) is 13.0 Å². The summed E-state index contributed by atoms with van der Waals surface area (Å²) < 4.78 is 9.76. The van der Waals surface area contributed by atoms with Gasteiger partial charge in [-0.2, -0.15) is 0 Å². The molecule has 0 radical (unpaired) electrons. The van der Waals surface area contributed by atoms with Gasteiger partial charge in [0.05, 0.1) is 7.11 Å². The van der Waals surface area contributed by atoms with Crippen molar-refractivity contribution < 1.29 is 19.1 Å². The number of nitrogens with one attached hydrogen (secondary N) is 1. The Labute approximate surface area is 132 Å². The molecule has 0 spiro atoms. The highest BCUT2D eigenvalue weighted by Crippen LogP contribution is 2.23. The summed E-state index contributed by atoms with van der Waals surface area (Å²) in [6.45, 7) is 1.97. The number of nitrogens with zero attached hydrogens (tertiary/aromatic N) is 2. The molecular formula is C15H16N4O4. The van der Waals surface area contributed by atoms with Crippen molar-refractivity contribution in [1.82, 2.24) is 9.97 Å². The SMILES string of the molecule is CCc1cccc(NC(=O)c2cnc(OC(N)=O)cc2OC)n1. The molecule has 2 aromatic heterocycles. The highest BCUT2D eigenvalue weighted by atomic mass is 16.6. The first-order valence-electron chi connectivity index (χ1n) is 6.82. The smallest absolute Gasteiger partial charge is 0.411 e. The first-order chi connectivity index (χ1) is 11.0. The zero-order valence-corrected chi connectivity index (χ0v) is 12.7. The number of hydrogen-bond acceptors (Lipinski definition) is 6. The number of methoxy groups -OCH3 is 1. The number of carbonyl (C=O) groups excluding carboxylic acids is 2. The Hall–Kier alpha value is -3.16. The summed E-state index contributed by atoms with van der Waals surface area (Å²) in [6, 6.07) is 6.66. The van der Waals surface area contributed by atoms with Crippen molar-refractivity contribution in [3.8, 4) is 11.6 Å². The van der Waals surface area contributed by atoms with Crippen LogP contribution in [0, 0.1) is 0 Å². The molecule has 0 saturated carbocycles. The molecule has 0 saturated heterocycles. The molecule has 8 heteroatoms. The first-order valence-corrected chi connectivity index (χ1v) is 6.82. The fourth-order valence-corrected chi connectivity index (χ4v) is 1.85. The summed E-state index contributed by atoms with van der Waals surface area (Å²) in [5.41, 5.74) is 5.95. The molecule has 3 N–H and O–H groups in total. The van der Waals surface area contributed by atoms with Crippen molar-refractivity contribution in [3.05, 3.63) is 41.7 Å². The maximum atomic E-state index is 12.3. The lowest BCUT2D eigenvalue weighted by Gasteiger charge is -2.10. The Morgan fingerprint density at radius 1 is 1.35 bits per heavy atom. The molecule has 0 bridgehead atoms. The Morgan fingerprint density at radius 2 is 2.13 bits per heavy atom. The monoisotopic (exact) mass is 316 g/mol. The van der Waals surface area contributed by atoms with Crippen molar-refractivity contribution in [2.45, 2.75) is 13.3 Å². The molecule has 2 aromatic rings. The largest absolute Gasteiger partial charge is 0.496 e. The molecule has 0 aromatic carbocycles. The number of aryl methyl sites for hydroxylation is 1. The summed E-state index contributed by atoms with van der Waals surface area (Å²) in [5.74, 6) is 0.118. The predicted octanol–water partition coefficient (Wildman–Crippen LogP) is 1.76. The van der Waals surface area contributed by atoms with Crippen molar-refractivity contribution in [2.75, 3.05) is 12.4 Å². The summed E-state index contributed by atoms with van der Waals surface area (Å²) in [7, 11) is 1.39. The van der Waals surface area contributed by atoms with E-state index in [-0.39, 0.29) is 17.2 Å². The maximum Gasteiger partial charge on any atom is 0.411 e. The van der Waals surface area contributed by atoms with Gasteiger partial charge in [0.25, 0.3) is 5.91 Å². The number of nitrogens with two attached hydrogens (primary N) is 1. The normalized spacial score (nSPS) is 10.0. The van der Waals surface area contributed by atoms with Gasteiger partial charge in [-0.05, 0) is 18.6 Å². The number of amides is 2. The van der Waals surface area contributed by atoms with Gasteiger partial charge in [-0.25, -0.2) is 14.8 Å². The standard InChI is InChI=1S/C15H16N4O4/c1-3-9-5-4-6-12(18-9)19-14(20)10-8-17-13(23-15(16)21)7-11(10)22-2/h4-8H,3H2,1-2H3,(H2,16,21)(H,18,19,20). The quantitative estimate of drug-likeness (QED) is 0.868. The molecular weight excluding hydrogens is 300 g/mol. The minimum Gasteiger partial charge on any atom is -0.496 e. The molecule has 0 aliphatic heterocycles. The summed E-state index contributed by atoms with van der Waals surface area (Å²) >= 11 is 0. The molecule has 2 rings (SSSR count). The molecule has 0 atom stereocenters. The Morgan fingerprint density at radius 3 is 2.78 bits per heavy atom. The number of hydrogen-bond donors (Lipinski definition) is 2. The predicted molar refractivity (Wildman–Crippen MR) is 82.6 cm³/mol. The number of ether oxygens (including phenoxy) is 2. The number of pyridine rings is 2. The van der Waals surface area contributed by atoms with Crippen LogP contribution in [-0.2, 0) is 6.42 Å². The van der Waals surface area contributed by atoms with Crippen molar-refractivity contribution >= 4 is 17.8 Å². The molecule has 0 aliphatic carbocycles. The highest BCUT2D eigenvalue weighted by Gasteiger charge is 2.16. The van der Waals surface area contributed by atoms with Crippen molar-refractivity contribution in [2.24, 2.45) is 5.73 Å². The number of primary amides is 1. The van der Waals surface area contributed by atoms with E-state index in [4.69, 9.17) is 10.5 Å². The van der Waals surface area contributed by atoms with Crippen LogP contribution in [0.4, 0.5) is 10.6 Å². The Balaban J connectivity index is 2.22. The number of rotatable bonds is 5. The number of anilines is 1. The van der Waals surface area contributed by atoms with E-state index in [0.29, 0.717) is 5.82 Å². The second-order valence-electron chi connectivity index (χ2n) is 4.47. The van der Waals surface area contributed by atoms with Crippen LogP contribution in [0.25, 0.3) is 0 Å². The van der Waals surface area contributed by atoms with Crippen LogP contribution in [0.2, 0.25) is 0 Å². The molecule has 0 aliphatic rings. The van der Waals surface area contributed by atoms with Crippen LogP contribution < -0.4 is 20.5 Å². The highest BCUT2D eigenvalue weighted by molar-refractivity contribution is 6.05. The maximum absolute atomic E-state index is 12.3. The van der Waals surface area contributed by atoms with Crippen LogP contribution in [-0.4, -0.2) is 29.1 Å². The second-order valence-corrected chi connectivity index (χ2v) is 4.47. The number of carbonyl (C=O) groups is 2. The molecule has 120 valence electrons. The van der Waals surface area contributed by atoms with Crippen LogP contribution >= 0.6 is 0 Å². The summed E-state index contributed by atoms with van der Waals surface area (Å²) in [4.78, 5) is 31.2. The van der Waals surface area contributed by atoms with Crippen molar-refractivity contribution in [3.63, 3.8) is 0 Å². The number of aromatic nitrogens is 2. The fourth-order valence-electron chi connectivity index (χ4n) is 1.85. The van der Waals surface area contributed by atoms with Crippen molar-refractivity contribution in [1.29, 1.82) is 0 Å². The van der Waals surface area contributed by atoms with E-state index < -0.39 is 12.0 Å². The molecule has 23 heavy (non-hydrogen) atoms. The van der Waals surface area contributed by atoms with Gasteiger partial charge in [0, 0.05) is 18.0 Å². The average Bonchev–Trinajstić information content (AvgIpc) is 2.54. The third-order valence-corrected chi connectivity index (χ3v) is 2.92. The van der Waals surface area contributed by atoms with Gasteiger partial charge < -0.3 is 20.5 Å². The van der Waals surface area contributed by atoms with E-state index in [9.17, 15) is 9.59 Å². The van der Waals surface area contributed by atoms with Crippen LogP contribution in [0.3, 0.4) is 0 Å². The summed E-state index contributed by atoms with van der Waals surface area (Å²) in [5, 5.41) is 2.67. The van der Waals surface area contributed by atoms with E-state index in [1.54, 1.807) is 12.1 Å². The Bertz CT molecular complexity index is 733.